The molecule has 50 valence electrons. The highest BCUT2D eigenvalue weighted by Crippen LogP contribution is 2.56. The molecule has 1 N–H and O–H groups in total. The van der Waals surface area contributed by atoms with Crippen molar-refractivity contribution in [2.75, 3.05) is 13.2 Å². The van der Waals surface area contributed by atoms with Crippen LogP contribution < -0.4 is 0 Å². The summed E-state index contributed by atoms with van der Waals surface area (Å²) in [5.41, 5.74) is -0.142. The fourth-order valence-electron chi connectivity index (χ4n) is 1.38. The van der Waals surface area contributed by atoms with Gasteiger partial charge in [0, 0.05) is 5.41 Å². The first-order valence-corrected chi connectivity index (χ1v) is 3.06. The Kier molecular flexibility index (Phi) is 0.750. The topological polar surface area (TPSA) is 46.5 Å². The Morgan fingerprint density at radius 2 is 2.67 bits per heavy atom. The molecule has 2 rings (SSSR count). The monoisotopic (exact) mass is 128 g/mol. The molecule has 1 aliphatic heterocycles. The number of ether oxygens (including phenoxy) is 1. The van der Waals surface area contributed by atoms with E-state index >= 15 is 0 Å². The Morgan fingerprint density at radius 1 is 1.89 bits per heavy atom. The van der Waals surface area contributed by atoms with E-state index in [9.17, 15) is 4.79 Å². The van der Waals surface area contributed by atoms with Gasteiger partial charge in [-0.2, -0.15) is 0 Å². The molecule has 2 fully saturated rings. The Bertz CT molecular complexity index is 166. The average Bonchev–Trinajstić information content (AvgIpc) is 2.53. The molecule has 3 nitrogen and oxygen atoms in total. The zero-order valence-corrected chi connectivity index (χ0v) is 4.96. The van der Waals surface area contributed by atoms with Gasteiger partial charge in [-0.3, -0.25) is 4.79 Å². The molecule has 9 heavy (non-hydrogen) atoms. The Balaban J connectivity index is 2.17. The standard InChI is InChI=1S/C6H8O3/c7-2-6-1-4(6)5(8)9-3-6/h4,7H,1-3H2. The van der Waals surface area contributed by atoms with Crippen LogP contribution in [0.1, 0.15) is 6.42 Å². The summed E-state index contributed by atoms with van der Waals surface area (Å²) in [7, 11) is 0. The van der Waals surface area contributed by atoms with Crippen molar-refractivity contribution in [3.63, 3.8) is 0 Å². The summed E-state index contributed by atoms with van der Waals surface area (Å²) in [6.07, 6.45) is 0.836. The van der Waals surface area contributed by atoms with Crippen molar-refractivity contribution in [1.29, 1.82) is 0 Å². The van der Waals surface area contributed by atoms with Gasteiger partial charge in [0.15, 0.2) is 0 Å². The van der Waals surface area contributed by atoms with Gasteiger partial charge in [-0.25, -0.2) is 0 Å². The fraction of sp³-hybridized carbons (Fsp3) is 0.833. The van der Waals surface area contributed by atoms with Gasteiger partial charge in [-0.15, -0.1) is 0 Å². The highest BCUT2D eigenvalue weighted by atomic mass is 16.5. The van der Waals surface area contributed by atoms with Crippen molar-refractivity contribution in [3.05, 3.63) is 0 Å². The SMILES string of the molecule is O=C1OCC2(CO)CC12. The second kappa shape index (κ2) is 1.29. The number of esters is 1. The molecule has 0 aromatic carbocycles. The second-order valence-corrected chi connectivity index (χ2v) is 2.88. The maximum Gasteiger partial charge on any atom is 0.309 e. The summed E-state index contributed by atoms with van der Waals surface area (Å²) in [6, 6.07) is 0. The third-order valence-corrected chi connectivity index (χ3v) is 2.29. The van der Waals surface area contributed by atoms with E-state index in [0.29, 0.717) is 6.61 Å². The predicted molar refractivity (Wildman–Crippen MR) is 28.6 cm³/mol. The van der Waals surface area contributed by atoms with Crippen LogP contribution in [0.4, 0.5) is 0 Å². The summed E-state index contributed by atoms with van der Waals surface area (Å²) >= 11 is 0. The molecule has 3 heteroatoms. The lowest BCUT2D eigenvalue weighted by Crippen LogP contribution is -2.09. The van der Waals surface area contributed by atoms with Crippen LogP contribution in [0.2, 0.25) is 0 Å². The van der Waals surface area contributed by atoms with Gasteiger partial charge in [0.2, 0.25) is 0 Å². The maximum atomic E-state index is 10.6. The molecule has 1 aliphatic carbocycles. The predicted octanol–water partition coefficient (Wildman–Crippen LogP) is -0.458. The first-order valence-electron chi connectivity index (χ1n) is 3.06. The number of fused-ring (bicyclic) bond motifs is 1. The number of carbonyl (C=O) groups is 1. The van der Waals surface area contributed by atoms with Gasteiger partial charge in [0.05, 0.1) is 19.1 Å². The highest BCUT2D eigenvalue weighted by molar-refractivity contribution is 5.79. The molecule has 0 spiro atoms. The van der Waals surface area contributed by atoms with E-state index in [0.717, 1.165) is 6.42 Å². The first kappa shape index (κ1) is 5.23. The van der Waals surface area contributed by atoms with Gasteiger partial charge in [-0.05, 0) is 6.42 Å². The Morgan fingerprint density at radius 3 is 2.89 bits per heavy atom. The molecule has 0 radical (unpaired) electrons. The molecule has 1 saturated carbocycles. The molecule has 1 saturated heterocycles. The highest BCUT2D eigenvalue weighted by Gasteiger charge is 2.64. The van der Waals surface area contributed by atoms with Crippen molar-refractivity contribution < 1.29 is 14.6 Å². The molecule has 0 amide bonds. The number of hydrogen-bond donors (Lipinski definition) is 1. The van der Waals surface area contributed by atoms with Crippen LogP contribution in [-0.2, 0) is 9.53 Å². The van der Waals surface area contributed by atoms with Crippen LogP contribution in [0.25, 0.3) is 0 Å². The van der Waals surface area contributed by atoms with Crippen molar-refractivity contribution in [2.45, 2.75) is 6.42 Å². The summed E-state index contributed by atoms with van der Waals surface area (Å²) in [5.74, 6) is -0.0912. The summed E-state index contributed by atoms with van der Waals surface area (Å²) in [5, 5.41) is 8.75. The summed E-state index contributed by atoms with van der Waals surface area (Å²) in [6.45, 7) is 0.538. The van der Waals surface area contributed by atoms with Gasteiger partial charge < -0.3 is 9.84 Å². The number of rotatable bonds is 1. The molecule has 2 aliphatic rings. The second-order valence-electron chi connectivity index (χ2n) is 2.88. The smallest absolute Gasteiger partial charge is 0.309 e. The minimum absolute atomic E-state index is 0.0301. The van der Waals surface area contributed by atoms with Crippen LogP contribution in [0.3, 0.4) is 0 Å². The number of cyclic esters (lactones) is 1. The number of carbonyl (C=O) groups excluding carboxylic acids is 1. The quantitative estimate of drug-likeness (QED) is 0.486. The van der Waals surface area contributed by atoms with E-state index in [4.69, 9.17) is 9.84 Å². The fourth-order valence-corrected chi connectivity index (χ4v) is 1.38. The number of aliphatic hydroxyl groups excluding tert-OH is 1. The van der Waals surface area contributed by atoms with E-state index in [-0.39, 0.29) is 23.9 Å². The van der Waals surface area contributed by atoms with Gasteiger partial charge in [0.25, 0.3) is 0 Å². The van der Waals surface area contributed by atoms with E-state index in [1.54, 1.807) is 0 Å². The van der Waals surface area contributed by atoms with Crippen LogP contribution in [0.5, 0.6) is 0 Å². The molecule has 0 aromatic rings. The Hall–Kier alpha value is -0.570. The Labute approximate surface area is 52.6 Å². The minimum atomic E-state index is -0.142. The van der Waals surface area contributed by atoms with Crippen LogP contribution in [-0.4, -0.2) is 24.3 Å². The van der Waals surface area contributed by atoms with Gasteiger partial charge in [-0.1, -0.05) is 0 Å². The van der Waals surface area contributed by atoms with Crippen LogP contribution >= 0.6 is 0 Å². The van der Waals surface area contributed by atoms with Gasteiger partial charge in [0.1, 0.15) is 0 Å². The lowest BCUT2D eigenvalue weighted by atomic mass is 10.1. The number of aliphatic hydroxyl groups is 1. The molecular formula is C6H8O3. The molecule has 0 bridgehead atoms. The van der Waals surface area contributed by atoms with Crippen molar-refractivity contribution in [3.8, 4) is 0 Å². The van der Waals surface area contributed by atoms with E-state index in [2.05, 4.69) is 0 Å². The third-order valence-electron chi connectivity index (χ3n) is 2.29. The minimum Gasteiger partial charge on any atom is -0.465 e. The molecule has 1 heterocycles. The number of hydrogen-bond acceptors (Lipinski definition) is 3. The summed E-state index contributed by atoms with van der Waals surface area (Å²) < 4.78 is 4.71. The van der Waals surface area contributed by atoms with E-state index in [1.165, 1.54) is 0 Å². The lowest BCUT2D eigenvalue weighted by molar-refractivity contribution is -0.141. The molecule has 2 atom stereocenters. The summed E-state index contributed by atoms with van der Waals surface area (Å²) in [4.78, 5) is 10.6. The molecule has 0 aromatic heterocycles. The molecular weight excluding hydrogens is 120 g/mol. The van der Waals surface area contributed by atoms with Crippen molar-refractivity contribution >= 4 is 5.97 Å². The molecule has 2 unspecified atom stereocenters. The van der Waals surface area contributed by atoms with Gasteiger partial charge >= 0.3 is 5.97 Å². The maximum absolute atomic E-state index is 10.6. The average molecular weight is 128 g/mol. The largest absolute Gasteiger partial charge is 0.465 e. The van der Waals surface area contributed by atoms with Crippen molar-refractivity contribution in [2.24, 2.45) is 11.3 Å². The van der Waals surface area contributed by atoms with Crippen LogP contribution in [0, 0.1) is 11.3 Å². The van der Waals surface area contributed by atoms with Crippen molar-refractivity contribution in [1.82, 2.24) is 0 Å². The first-order chi connectivity index (χ1) is 4.28. The third kappa shape index (κ3) is 0.477. The zero-order valence-electron chi connectivity index (χ0n) is 4.96. The van der Waals surface area contributed by atoms with E-state index < -0.39 is 0 Å². The lowest BCUT2D eigenvalue weighted by Gasteiger charge is -2.02. The normalized spacial score (nSPS) is 46.3. The van der Waals surface area contributed by atoms with E-state index in [1.807, 2.05) is 0 Å². The zero-order chi connectivity index (χ0) is 6.48. The van der Waals surface area contributed by atoms with Crippen LogP contribution in [0.15, 0.2) is 0 Å².